The molecule has 0 spiro atoms. The molecule has 2 rings (SSSR count). The van der Waals surface area contributed by atoms with Gasteiger partial charge in [0.2, 0.25) is 0 Å². The molecule has 4 nitrogen and oxygen atoms in total. The van der Waals surface area contributed by atoms with E-state index in [-0.39, 0.29) is 18.4 Å². The molecule has 0 bridgehead atoms. The quantitative estimate of drug-likeness (QED) is 0.818. The Kier molecular flexibility index (Phi) is 6.13. The topological polar surface area (TPSA) is 66.4 Å². The normalized spacial score (nSPS) is 11.8. The maximum atomic E-state index is 12.6. The van der Waals surface area contributed by atoms with Crippen LogP contribution in [0.1, 0.15) is 39.9 Å². The Hall–Kier alpha value is -2.62. The summed E-state index contributed by atoms with van der Waals surface area (Å²) in [5, 5.41) is 12.0. The Morgan fingerprint density at radius 1 is 1.08 bits per heavy atom. The second-order valence-corrected chi connectivity index (χ2v) is 6.11. The lowest BCUT2D eigenvalue weighted by Crippen LogP contribution is -2.37. The average Bonchev–Trinajstić information content (AvgIpc) is 2.55. The third-order valence-electron chi connectivity index (χ3n) is 4.00. The lowest BCUT2D eigenvalue weighted by atomic mass is 10.00. The number of nitrogens with one attached hydrogen (secondary N) is 1. The molecule has 0 fully saturated rings. The van der Waals surface area contributed by atoms with E-state index in [9.17, 15) is 9.59 Å². The molecular formula is C20H23NO3. The maximum absolute atomic E-state index is 12.6. The number of aryl methyl sites for hydroxylation is 2. The van der Waals surface area contributed by atoms with E-state index in [2.05, 4.69) is 5.32 Å². The van der Waals surface area contributed by atoms with Crippen LogP contribution in [0, 0.1) is 13.8 Å². The summed E-state index contributed by atoms with van der Waals surface area (Å²) < 4.78 is 0. The molecule has 0 radical (unpaired) electrons. The molecule has 24 heavy (non-hydrogen) atoms. The largest absolute Gasteiger partial charge is 0.481 e. The highest BCUT2D eigenvalue weighted by Crippen LogP contribution is 2.13. The minimum atomic E-state index is -0.853. The lowest BCUT2D eigenvalue weighted by molar-refractivity contribution is -0.137. The molecule has 1 amide bonds. The third kappa shape index (κ3) is 5.23. The molecule has 2 aromatic rings. The fourth-order valence-electron chi connectivity index (χ4n) is 2.67. The van der Waals surface area contributed by atoms with E-state index >= 15 is 0 Å². The second-order valence-electron chi connectivity index (χ2n) is 6.11. The molecule has 1 atom stereocenters. The van der Waals surface area contributed by atoms with E-state index in [0.29, 0.717) is 18.4 Å². The van der Waals surface area contributed by atoms with E-state index in [0.717, 1.165) is 16.7 Å². The van der Waals surface area contributed by atoms with Gasteiger partial charge in [0, 0.05) is 18.0 Å². The summed E-state index contributed by atoms with van der Waals surface area (Å²) in [6.45, 7) is 3.85. The Labute approximate surface area is 142 Å². The van der Waals surface area contributed by atoms with E-state index in [4.69, 9.17) is 5.11 Å². The predicted octanol–water partition coefficient (Wildman–Crippen LogP) is 3.51. The van der Waals surface area contributed by atoms with Crippen molar-refractivity contribution in [2.75, 3.05) is 0 Å². The van der Waals surface area contributed by atoms with Crippen molar-refractivity contribution in [2.24, 2.45) is 0 Å². The minimum absolute atomic E-state index is 0.0323. The van der Waals surface area contributed by atoms with Crippen molar-refractivity contribution in [3.05, 3.63) is 70.8 Å². The van der Waals surface area contributed by atoms with E-state index in [1.54, 1.807) is 0 Å². The van der Waals surface area contributed by atoms with Gasteiger partial charge in [-0.15, -0.1) is 0 Å². The van der Waals surface area contributed by atoms with Crippen LogP contribution < -0.4 is 5.32 Å². The first-order valence-electron chi connectivity index (χ1n) is 8.09. The van der Waals surface area contributed by atoms with Gasteiger partial charge in [-0.3, -0.25) is 9.59 Å². The van der Waals surface area contributed by atoms with Crippen LogP contribution in [0.25, 0.3) is 0 Å². The molecule has 126 valence electrons. The van der Waals surface area contributed by atoms with Gasteiger partial charge in [-0.1, -0.05) is 48.0 Å². The van der Waals surface area contributed by atoms with Gasteiger partial charge in [0.15, 0.2) is 0 Å². The number of hydrogen-bond donors (Lipinski definition) is 2. The number of carbonyl (C=O) groups excluding carboxylic acids is 1. The summed E-state index contributed by atoms with van der Waals surface area (Å²) in [5.41, 5.74) is 3.66. The van der Waals surface area contributed by atoms with Crippen molar-refractivity contribution < 1.29 is 14.7 Å². The smallest absolute Gasteiger partial charge is 0.303 e. The Balaban J connectivity index is 2.12. The third-order valence-corrected chi connectivity index (χ3v) is 4.00. The van der Waals surface area contributed by atoms with Crippen molar-refractivity contribution >= 4 is 11.9 Å². The number of carboxylic acid groups (broad SMARTS) is 1. The molecule has 0 aromatic heterocycles. The number of amides is 1. The van der Waals surface area contributed by atoms with Crippen molar-refractivity contribution in [3.63, 3.8) is 0 Å². The van der Waals surface area contributed by atoms with Crippen molar-refractivity contribution in [1.82, 2.24) is 5.32 Å². The van der Waals surface area contributed by atoms with E-state index < -0.39 is 5.97 Å². The summed E-state index contributed by atoms with van der Waals surface area (Å²) >= 11 is 0. The van der Waals surface area contributed by atoms with Crippen LogP contribution in [0.5, 0.6) is 0 Å². The molecule has 0 aliphatic carbocycles. The molecule has 2 aromatic carbocycles. The van der Waals surface area contributed by atoms with Gasteiger partial charge in [0.05, 0.1) is 0 Å². The van der Waals surface area contributed by atoms with Crippen molar-refractivity contribution in [1.29, 1.82) is 0 Å². The molecule has 0 saturated heterocycles. The summed E-state index contributed by atoms with van der Waals surface area (Å²) in [4.78, 5) is 23.5. The van der Waals surface area contributed by atoms with Gasteiger partial charge >= 0.3 is 5.97 Å². The van der Waals surface area contributed by atoms with Crippen LogP contribution in [-0.4, -0.2) is 23.0 Å². The highest BCUT2D eigenvalue weighted by molar-refractivity contribution is 5.96. The highest BCUT2D eigenvalue weighted by atomic mass is 16.4. The SMILES string of the molecule is Cc1ccc(C)c(C(=O)NC(CCC(=O)O)Cc2ccccc2)c1. The zero-order valence-electron chi connectivity index (χ0n) is 14.1. The number of benzene rings is 2. The fraction of sp³-hybridized carbons (Fsp3) is 0.300. The maximum Gasteiger partial charge on any atom is 0.303 e. The molecule has 0 heterocycles. The van der Waals surface area contributed by atoms with Crippen LogP contribution in [0.4, 0.5) is 0 Å². The monoisotopic (exact) mass is 325 g/mol. The molecule has 2 N–H and O–H groups in total. The van der Waals surface area contributed by atoms with Crippen molar-refractivity contribution in [3.8, 4) is 0 Å². The predicted molar refractivity (Wildman–Crippen MR) is 94.2 cm³/mol. The summed E-state index contributed by atoms with van der Waals surface area (Å²) in [5.74, 6) is -1.00. The van der Waals surface area contributed by atoms with E-state index in [1.165, 1.54) is 0 Å². The molecular weight excluding hydrogens is 302 g/mol. The zero-order chi connectivity index (χ0) is 17.5. The summed E-state index contributed by atoms with van der Waals surface area (Å²) in [6.07, 6.45) is 1.05. The Morgan fingerprint density at radius 2 is 1.79 bits per heavy atom. The summed E-state index contributed by atoms with van der Waals surface area (Å²) in [6, 6.07) is 15.3. The minimum Gasteiger partial charge on any atom is -0.481 e. The van der Waals surface area contributed by atoms with Crippen LogP contribution in [-0.2, 0) is 11.2 Å². The van der Waals surface area contributed by atoms with Gasteiger partial charge < -0.3 is 10.4 Å². The molecule has 1 unspecified atom stereocenters. The summed E-state index contributed by atoms with van der Waals surface area (Å²) in [7, 11) is 0. The van der Waals surface area contributed by atoms with Gasteiger partial charge in [-0.25, -0.2) is 0 Å². The van der Waals surface area contributed by atoms with Gasteiger partial charge in [-0.05, 0) is 43.9 Å². The number of aliphatic carboxylic acids is 1. The zero-order valence-corrected chi connectivity index (χ0v) is 14.1. The van der Waals surface area contributed by atoms with Crippen LogP contribution in [0.2, 0.25) is 0 Å². The van der Waals surface area contributed by atoms with Crippen molar-refractivity contribution in [2.45, 2.75) is 39.2 Å². The Morgan fingerprint density at radius 3 is 2.46 bits per heavy atom. The first-order chi connectivity index (χ1) is 11.5. The standard InChI is InChI=1S/C20H23NO3/c1-14-8-9-15(2)18(12-14)20(24)21-17(10-11-19(22)23)13-16-6-4-3-5-7-16/h3-9,12,17H,10-11,13H2,1-2H3,(H,21,24)(H,22,23). The number of carboxylic acids is 1. The average molecular weight is 325 g/mol. The number of rotatable bonds is 7. The number of carbonyl (C=O) groups is 2. The molecule has 0 aliphatic rings. The number of hydrogen-bond acceptors (Lipinski definition) is 2. The van der Waals surface area contributed by atoms with Gasteiger partial charge in [0.1, 0.15) is 0 Å². The fourth-order valence-corrected chi connectivity index (χ4v) is 2.67. The highest BCUT2D eigenvalue weighted by Gasteiger charge is 2.17. The van der Waals surface area contributed by atoms with E-state index in [1.807, 2.05) is 62.4 Å². The van der Waals surface area contributed by atoms with Gasteiger partial charge in [0.25, 0.3) is 5.91 Å². The van der Waals surface area contributed by atoms with Crippen LogP contribution in [0.3, 0.4) is 0 Å². The lowest BCUT2D eigenvalue weighted by Gasteiger charge is -2.19. The first kappa shape index (κ1) is 17.7. The van der Waals surface area contributed by atoms with Crippen LogP contribution >= 0.6 is 0 Å². The molecule has 0 saturated carbocycles. The van der Waals surface area contributed by atoms with Gasteiger partial charge in [-0.2, -0.15) is 0 Å². The van der Waals surface area contributed by atoms with Crippen LogP contribution in [0.15, 0.2) is 48.5 Å². The molecule has 0 aliphatic heterocycles. The Bertz CT molecular complexity index is 710. The first-order valence-corrected chi connectivity index (χ1v) is 8.09. The second kappa shape index (κ2) is 8.29. The molecule has 4 heteroatoms.